The Hall–Kier alpha value is -0.540. The first-order valence-electron chi connectivity index (χ1n) is 3.42. The van der Waals surface area contributed by atoms with Crippen LogP contribution in [0.25, 0.3) is 0 Å². The van der Waals surface area contributed by atoms with Gasteiger partial charge in [-0.25, -0.2) is 4.98 Å². The Morgan fingerprint density at radius 1 is 0.933 bits per heavy atom. The van der Waals surface area contributed by atoms with Gasteiger partial charge in [0, 0.05) is 6.20 Å². The lowest BCUT2D eigenvalue weighted by Gasteiger charge is -2.14. The highest BCUT2D eigenvalue weighted by atomic mass is 127. The third-order valence-corrected chi connectivity index (χ3v) is 2.07. The first kappa shape index (κ1) is 12.5. The molecule has 0 saturated carbocycles. The fraction of sp³-hybridized carbons (Fsp3) is 0.286. The molecule has 0 bridgehead atoms. The van der Waals surface area contributed by atoms with Crippen LogP contribution in [-0.2, 0) is 12.4 Å². The van der Waals surface area contributed by atoms with E-state index in [0.717, 1.165) is 0 Å². The van der Waals surface area contributed by atoms with Gasteiger partial charge in [0.2, 0.25) is 0 Å². The maximum absolute atomic E-state index is 12.2. The van der Waals surface area contributed by atoms with Crippen LogP contribution < -0.4 is 0 Å². The summed E-state index contributed by atoms with van der Waals surface area (Å²) in [6.07, 6.45) is -9.90. The molecule has 0 saturated heterocycles. The Kier molecular flexibility index (Phi) is 3.17. The first-order valence-corrected chi connectivity index (χ1v) is 4.50. The van der Waals surface area contributed by atoms with Crippen LogP contribution in [0.2, 0.25) is 0 Å². The minimum absolute atomic E-state index is 0.145. The average molecular weight is 341 g/mol. The van der Waals surface area contributed by atoms with E-state index in [1.165, 1.54) is 22.6 Å². The Bertz CT molecular complexity index is 369. The van der Waals surface area contributed by atoms with Crippen LogP contribution in [0.1, 0.15) is 11.1 Å². The second-order valence-electron chi connectivity index (χ2n) is 2.55. The fourth-order valence-corrected chi connectivity index (χ4v) is 1.34. The van der Waals surface area contributed by atoms with Crippen molar-refractivity contribution in [1.29, 1.82) is 0 Å². The van der Waals surface area contributed by atoms with Crippen molar-refractivity contribution in [1.82, 2.24) is 4.98 Å². The van der Waals surface area contributed by atoms with Crippen LogP contribution in [0, 0.1) is 3.70 Å². The summed E-state index contributed by atoms with van der Waals surface area (Å²) in [6, 6.07) is 0.364. The molecule has 8 heteroatoms. The van der Waals surface area contributed by atoms with Crippen molar-refractivity contribution >= 4 is 22.6 Å². The van der Waals surface area contributed by atoms with Gasteiger partial charge in [-0.3, -0.25) is 0 Å². The molecule has 1 nitrogen and oxygen atoms in total. The molecular formula is C7H2F6IN. The molecule has 1 heterocycles. The maximum Gasteiger partial charge on any atom is 0.418 e. The summed E-state index contributed by atoms with van der Waals surface area (Å²) in [5.41, 5.74) is -3.48. The topological polar surface area (TPSA) is 12.9 Å². The van der Waals surface area contributed by atoms with Crippen molar-refractivity contribution in [3.63, 3.8) is 0 Å². The molecular weight excluding hydrogens is 339 g/mol. The van der Waals surface area contributed by atoms with E-state index in [9.17, 15) is 26.3 Å². The van der Waals surface area contributed by atoms with E-state index < -0.39 is 23.5 Å². The summed E-state index contributed by atoms with van der Waals surface area (Å²) >= 11 is 1.41. The van der Waals surface area contributed by atoms with Crippen molar-refractivity contribution in [3.8, 4) is 0 Å². The molecule has 1 rings (SSSR count). The van der Waals surface area contributed by atoms with Crippen LogP contribution in [0.4, 0.5) is 26.3 Å². The minimum Gasteiger partial charge on any atom is -0.250 e. The zero-order chi connectivity index (χ0) is 11.9. The van der Waals surface area contributed by atoms with Crippen LogP contribution >= 0.6 is 22.6 Å². The van der Waals surface area contributed by atoms with Crippen LogP contribution in [0.3, 0.4) is 0 Å². The third kappa shape index (κ3) is 2.95. The molecule has 0 aromatic carbocycles. The van der Waals surface area contributed by atoms with Gasteiger partial charge in [0.25, 0.3) is 0 Å². The summed E-state index contributed by atoms with van der Waals surface area (Å²) < 4.78 is 73.0. The van der Waals surface area contributed by atoms with E-state index >= 15 is 0 Å². The number of aromatic nitrogens is 1. The lowest BCUT2D eigenvalue weighted by molar-refractivity contribution is -0.162. The Balaban J connectivity index is 3.41. The standard InChI is InChI=1S/C7H2F6IN/c8-6(9,10)3-1-5(14)15-2-4(3)7(11,12)13/h1-2H. The number of hydrogen-bond donors (Lipinski definition) is 0. The SMILES string of the molecule is FC(F)(F)c1cnc(I)cc1C(F)(F)F. The van der Waals surface area contributed by atoms with E-state index in [4.69, 9.17) is 0 Å². The van der Waals surface area contributed by atoms with Crippen molar-refractivity contribution in [3.05, 3.63) is 27.1 Å². The largest absolute Gasteiger partial charge is 0.418 e. The van der Waals surface area contributed by atoms with E-state index in [0.29, 0.717) is 6.07 Å². The molecule has 1 aromatic rings. The van der Waals surface area contributed by atoms with Gasteiger partial charge in [0.05, 0.1) is 11.1 Å². The molecule has 84 valence electrons. The fourth-order valence-electron chi connectivity index (χ4n) is 0.890. The second kappa shape index (κ2) is 3.80. The Morgan fingerprint density at radius 3 is 1.80 bits per heavy atom. The van der Waals surface area contributed by atoms with Gasteiger partial charge in [-0.05, 0) is 28.7 Å². The molecule has 1 aromatic heterocycles. The zero-order valence-electron chi connectivity index (χ0n) is 6.75. The van der Waals surface area contributed by atoms with E-state index in [1.54, 1.807) is 0 Å². The van der Waals surface area contributed by atoms with Crippen LogP contribution in [0.15, 0.2) is 12.3 Å². The highest BCUT2D eigenvalue weighted by Crippen LogP contribution is 2.40. The predicted molar refractivity (Wildman–Crippen MR) is 47.0 cm³/mol. The Labute approximate surface area is 93.6 Å². The number of nitrogens with zero attached hydrogens (tertiary/aromatic N) is 1. The highest BCUT2D eigenvalue weighted by Gasteiger charge is 2.43. The van der Waals surface area contributed by atoms with Gasteiger partial charge < -0.3 is 0 Å². The molecule has 0 spiro atoms. The van der Waals surface area contributed by atoms with Gasteiger partial charge in [0.1, 0.15) is 3.70 Å². The number of halogens is 7. The molecule has 0 aliphatic rings. The molecule has 15 heavy (non-hydrogen) atoms. The van der Waals surface area contributed by atoms with Gasteiger partial charge in [-0.1, -0.05) is 0 Å². The lowest BCUT2D eigenvalue weighted by Crippen LogP contribution is -2.17. The summed E-state index contributed by atoms with van der Waals surface area (Å²) in [5, 5.41) is 0. The number of alkyl halides is 6. The van der Waals surface area contributed by atoms with Crippen molar-refractivity contribution < 1.29 is 26.3 Å². The molecule has 0 unspecified atom stereocenters. The highest BCUT2D eigenvalue weighted by molar-refractivity contribution is 14.1. The molecule has 0 atom stereocenters. The third-order valence-electron chi connectivity index (χ3n) is 1.48. The molecule has 0 N–H and O–H groups in total. The lowest BCUT2D eigenvalue weighted by atomic mass is 10.1. The molecule has 0 radical (unpaired) electrons. The summed E-state index contributed by atoms with van der Waals surface area (Å²) in [4.78, 5) is 3.19. The molecule has 0 fully saturated rings. The maximum atomic E-state index is 12.2. The minimum atomic E-state index is -5.05. The van der Waals surface area contributed by atoms with E-state index in [-0.39, 0.29) is 9.90 Å². The number of pyridine rings is 1. The summed E-state index contributed by atoms with van der Waals surface area (Å²) in [7, 11) is 0. The Morgan fingerprint density at radius 2 is 1.40 bits per heavy atom. The van der Waals surface area contributed by atoms with Crippen molar-refractivity contribution in [2.45, 2.75) is 12.4 Å². The number of hydrogen-bond acceptors (Lipinski definition) is 1. The zero-order valence-corrected chi connectivity index (χ0v) is 8.91. The van der Waals surface area contributed by atoms with Gasteiger partial charge in [0.15, 0.2) is 0 Å². The monoisotopic (exact) mass is 341 g/mol. The number of rotatable bonds is 0. The molecule has 0 amide bonds. The predicted octanol–water partition coefficient (Wildman–Crippen LogP) is 3.72. The van der Waals surface area contributed by atoms with E-state index in [1.807, 2.05) is 0 Å². The average Bonchev–Trinajstić information content (AvgIpc) is 2.00. The van der Waals surface area contributed by atoms with E-state index in [2.05, 4.69) is 4.98 Å². The van der Waals surface area contributed by atoms with Crippen LogP contribution in [-0.4, -0.2) is 4.98 Å². The summed E-state index contributed by atoms with van der Waals surface area (Å²) in [6.45, 7) is 0. The summed E-state index contributed by atoms with van der Waals surface area (Å²) in [5.74, 6) is 0. The molecule has 0 aliphatic heterocycles. The van der Waals surface area contributed by atoms with Crippen molar-refractivity contribution in [2.75, 3.05) is 0 Å². The quantitative estimate of drug-likeness (QED) is 0.398. The normalized spacial score (nSPS) is 13.0. The van der Waals surface area contributed by atoms with Crippen molar-refractivity contribution in [2.24, 2.45) is 0 Å². The first-order chi connectivity index (χ1) is 6.62. The second-order valence-corrected chi connectivity index (χ2v) is 3.65. The van der Waals surface area contributed by atoms with Gasteiger partial charge in [-0.15, -0.1) is 0 Å². The van der Waals surface area contributed by atoms with Gasteiger partial charge >= 0.3 is 12.4 Å². The van der Waals surface area contributed by atoms with Crippen LogP contribution in [0.5, 0.6) is 0 Å². The van der Waals surface area contributed by atoms with Gasteiger partial charge in [-0.2, -0.15) is 26.3 Å². The molecule has 0 aliphatic carbocycles. The smallest absolute Gasteiger partial charge is 0.250 e.